The van der Waals surface area contributed by atoms with E-state index in [-0.39, 0.29) is 17.3 Å². The predicted octanol–water partition coefficient (Wildman–Crippen LogP) is 5.05. The molecule has 2 N–H and O–H groups in total. The van der Waals surface area contributed by atoms with Gasteiger partial charge in [-0.3, -0.25) is 4.98 Å². The highest BCUT2D eigenvalue weighted by Gasteiger charge is 2.55. The van der Waals surface area contributed by atoms with E-state index in [4.69, 9.17) is 0 Å². The average molecular weight is 437 g/mol. The van der Waals surface area contributed by atoms with Crippen molar-refractivity contribution in [2.24, 2.45) is 11.3 Å². The topological polar surface area (TPSA) is 56.6 Å². The van der Waals surface area contributed by atoms with Gasteiger partial charge in [0.15, 0.2) is 0 Å². The van der Waals surface area contributed by atoms with Crippen LogP contribution in [0.4, 0.5) is 0 Å². The Kier molecular flexibility index (Phi) is 6.02. The zero-order valence-corrected chi connectivity index (χ0v) is 20.6. The van der Waals surface area contributed by atoms with Crippen molar-refractivity contribution < 1.29 is 10.2 Å². The molecule has 1 saturated heterocycles. The predicted molar refractivity (Wildman–Crippen MR) is 130 cm³/mol. The summed E-state index contributed by atoms with van der Waals surface area (Å²) in [5, 5.41) is 23.4. The molecule has 0 radical (unpaired) electrons. The fraction of sp³-hybridized carbons (Fsp3) is 0.607. The van der Waals surface area contributed by atoms with Crippen LogP contribution in [0.5, 0.6) is 0 Å². The summed E-state index contributed by atoms with van der Waals surface area (Å²) in [6.45, 7) is 12.4. The normalized spacial score (nSPS) is 27.5. The van der Waals surface area contributed by atoms with Gasteiger partial charge in [0.2, 0.25) is 0 Å². The Morgan fingerprint density at radius 3 is 2.25 bits per heavy atom. The van der Waals surface area contributed by atoms with Crippen LogP contribution in [-0.2, 0) is 5.60 Å². The largest absolute Gasteiger partial charge is 0.390 e. The number of hydrogen-bond donors (Lipinski definition) is 2. The molecule has 4 rings (SSSR count). The molecule has 174 valence electrons. The maximum atomic E-state index is 12.4. The summed E-state index contributed by atoms with van der Waals surface area (Å²) >= 11 is 0. The van der Waals surface area contributed by atoms with Gasteiger partial charge in [-0.2, -0.15) is 0 Å². The second kappa shape index (κ2) is 8.23. The van der Waals surface area contributed by atoms with E-state index in [1.807, 2.05) is 12.4 Å². The molecule has 2 aromatic rings. The minimum Gasteiger partial charge on any atom is -0.390 e. The minimum absolute atomic E-state index is 0.240. The van der Waals surface area contributed by atoms with Gasteiger partial charge in [-0.15, -0.1) is 0 Å². The molecular formula is C28H40N2O2. The minimum atomic E-state index is -1.12. The molecule has 4 heteroatoms. The van der Waals surface area contributed by atoms with Crippen LogP contribution in [-0.4, -0.2) is 45.8 Å². The van der Waals surface area contributed by atoms with Gasteiger partial charge in [0.25, 0.3) is 0 Å². The van der Waals surface area contributed by atoms with Crippen LogP contribution in [0.3, 0.4) is 0 Å². The Morgan fingerprint density at radius 2 is 1.72 bits per heavy atom. The lowest BCUT2D eigenvalue weighted by Gasteiger charge is -2.56. The van der Waals surface area contributed by atoms with Gasteiger partial charge in [-0.1, -0.05) is 58.9 Å². The van der Waals surface area contributed by atoms with Crippen LogP contribution in [0.1, 0.15) is 88.0 Å². The van der Waals surface area contributed by atoms with Gasteiger partial charge < -0.3 is 15.1 Å². The Morgan fingerprint density at radius 1 is 1.06 bits per heavy atom. The Hall–Kier alpha value is -1.75. The van der Waals surface area contributed by atoms with E-state index in [2.05, 4.69) is 81.9 Å². The van der Waals surface area contributed by atoms with E-state index in [0.717, 1.165) is 49.0 Å². The summed E-state index contributed by atoms with van der Waals surface area (Å²) in [6.07, 6.45) is 6.31. The third kappa shape index (κ3) is 3.81. The van der Waals surface area contributed by atoms with Crippen LogP contribution in [0.25, 0.3) is 0 Å². The van der Waals surface area contributed by atoms with Crippen molar-refractivity contribution in [3.05, 3.63) is 65.0 Å². The molecular weight excluding hydrogens is 396 g/mol. The number of aliphatic hydroxyl groups is 2. The van der Waals surface area contributed by atoms with Crippen LogP contribution in [0, 0.1) is 11.3 Å². The van der Waals surface area contributed by atoms with Gasteiger partial charge in [-0.25, -0.2) is 0 Å². The second-order valence-electron chi connectivity index (χ2n) is 11.4. The Bertz CT molecular complexity index is 948. The van der Waals surface area contributed by atoms with E-state index >= 15 is 0 Å². The van der Waals surface area contributed by atoms with Crippen molar-refractivity contribution >= 4 is 0 Å². The van der Waals surface area contributed by atoms with Crippen LogP contribution >= 0.6 is 0 Å². The first-order valence-electron chi connectivity index (χ1n) is 12.2. The number of nitrogens with zero attached hydrogens (tertiary/aromatic N) is 2. The lowest BCUT2D eigenvalue weighted by Crippen LogP contribution is -2.63. The molecule has 2 fully saturated rings. The number of likely N-dealkylation sites (tertiary alicyclic amines) is 1. The van der Waals surface area contributed by atoms with Gasteiger partial charge in [0.05, 0.1) is 5.60 Å². The van der Waals surface area contributed by atoms with Crippen molar-refractivity contribution in [2.45, 2.75) is 76.9 Å². The molecule has 1 aliphatic carbocycles. The standard InChI is InChI=1S/C28H40N2O2/c1-19(2)21-7-9-24(10-8-21)28(32,26(5)17-30(6)18-26)25-13-23(15-29-16-25)22-11-12-27(31,14-22)20(3)4/h7-10,13,15-16,19-20,22,31-32H,11-12,14,17-18H2,1-6H3. The van der Waals surface area contributed by atoms with Gasteiger partial charge >= 0.3 is 0 Å². The lowest BCUT2D eigenvalue weighted by atomic mass is 9.62. The monoisotopic (exact) mass is 436 g/mol. The smallest absolute Gasteiger partial charge is 0.124 e. The molecule has 2 aliphatic rings. The summed E-state index contributed by atoms with van der Waals surface area (Å²) in [5.41, 5.74) is 2.18. The van der Waals surface area contributed by atoms with E-state index in [0.29, 0.717) is 5.92 Å². The summed E-state index contributed by atoms with van der Waals surface area (Å²) in [4.78, 5) is 6.85. The fourth-order valence-electron chi connectivity index (χ4n) is 6.09. The highest BCUT2D eigenvalue weighted by Crippen LogP contribution is 2.51. The fourth-order valence-corrected chi connectivity index (χ4v) is 6.09. The van der Waals surface area contributed by atoms with Gasteiger partial charge in [-0.05, 0) is 66.8 Å². The average Bonchev–Trinajstić information content (AvgIpc) is 3.16. The molecule has 0 amide bonds. The van der Waals surface area contributed by atoms with Crippen molar-refractivity contribution in [3.8, 4) is 0 Å². The summed E-state index contributed by atoms with van der Waals surface area (Å²) < 4.78 is 0. The molecule has 0 spiro atoms. The number of benzene rings is 1. The SMILES string of the molecule is CC(C)c1ccc(C(O)(c2cncc(C3CCC(O)(C(C)C)C3)c2)C2(C)CN(C)C2)cc1. The highest BCUT2D eigenvalue weighted by molar-refractivity contribution is 5.42. The zero-order chi connectivity index (χ0) is 23.3. The second-order valence-corrected chi connectivity index (χ2v) is 11.4. The number of aromatic nitrogens is 1. The Balaban J connectivity index is 1.74. The molecule has 0 bridgehead atoms. The number of rotatable bonds is 6. The number of pyridine rings is 1. The Labute approximate surface area is 193 Å². The van der Waals surface area contributed by atoms with Gasteiger partial charge in [0.1, 0.15) is 5.60 Å². The molecule has 3 unspecified atom stereocenters. The molecule has 2 heterocycles. The molecule has 32 heavy (non-hydrogen) atoms. The van der Waals surface area contributed by atoms with Crippen LogP contribution < -0.4 is 0 Å². The van der Waals surface area contributed by atoms with Crippen molar-refractivity contribution in [1.82, 2.24) is 9.88 Å². The summed E-state index contributed by atoms with van der Waals surface area (Å²) in [5.74, 6) is 0.971. The third-order valence-electron chi connectivity index (χ3n) is 8.36. The molecule has 1 aromatic heterocycles. The summed E-state index contributed by atoms with van der Waals surface area (Å²) in [6, 6.07) is 10.6. The maximum absolute atomic E-state index is 12.4. The first kappa shape index (κ1) is 23.4. The van der Waals surface area contributed by atoms with E-state index in [1.54, 1.807) is 0 Å². The van der Waals surface area contributed by atoms with E-state index < -0.39 is 11.2 Å². The molecule has 1 aliphatic heterocycles. The van der Waals surface area contributed by atoms with E-state index in [9.17, 15) is 10.2 Å². The maximum Gasteiger partial charge on any atom is 0.124 e. The van der Waals surface area contributed by atoms with Crippen LogP contribution in [0.2, 0.25) is 0 Å². The first-order valence-corrected chi connectivity index (χ1v) is 12.2. The zero-order valence-electron chi connectivity index (χ0n) is 20.6. The molecule has 3 atom stereocenters. The first-order chi connectivity index (χ1) is 15.0. The highest BCUT2D eigenvalue weighted by atomic mass is 16.3. The lowest BCUT2D eigenvalue weighted by molar-refractivity contribution is -0.127. The number of hydrogen-bond acceptors (Lipinski definition) is 4. The van der Waals surface area contributed by atoms with Crippen LogP contribution in [0.15, 0.2) is 42.7 Å². The van der Waals surface area contributed by atoms with E-state index in [1.165, 1.54) is 5.56 Å². The van der Waals surface area contributed by atoms with Crippen molar-refractivity contribution in [2.75, 3.05) is 20.1 Å². The summed E-state index contributed by atoms with van der Waals surface area (Å²) in [7, 11) is 2.10. The molecule has 1 saturated carbocycles. The molecule has 1 aromatic carbocycles. The van der Waals surface area contributed by atoms with Gasteiger partial charge in [0, 0.05) is 36.5 Å². The van der Waals surface area contributed by atoms with Crippen molar-refractivity contribution in [1.29, 1.82) is 0 Å². The van der Waals surface area contributed by atoms with Crippen molar-refractivity contribution in [3.63, 3.8) is 0 Å². The quantitative estimate of drug-likeness (QED) is 0.666. The molecule has 4 nitrogen and oxygen atoms in total. The third-order valence-corrected chi connectivity index (χ3v) is 8.36.